The van der Waals surface area contributed by atoms with Gasteiger partial charge in [-0.2, -0.15) is 0 Å². The summed E-state index contributed by atoms with van der Waals surface area (Å²) in [5, 5.41) is 2.58. The van der Waals surface area contributed by atoms with Crippen LogP contribution in [0.5, 0.6) is 5.75 Å². The van der Waals surface area contributed by atoms with Crippen molar-refractivity contribution in [2.75, 3.05) is 18.1 Å². The van der Waals surface area contributed by atoms with Crippen LogP contribution in [0, 0.1) is 5.82 Å². The molecule has 1 aliphatic heterocycles. The van der Waals surface area contributed by atoms with Gasteiger partial charge in [-0.05, 0) is 18.6 Å². The SMILES string of the molecule is O=C(COc1cccc(F)c1)N[C@@H]1CCS(=O)(=O)C1. The summed E-state index contributed by atoms with van der Waals surface area (Å²) in [5.41, 5.74) is 0. The van der Waals surface area contributed by atoms with Crippen molar-refractivity contribution in [1.82, 2.24) is 5.32 Å². The first-order chi connectivity index (χ1) is 8.94. The van der Waals surface area contributed by atoms with Crippen molar-refractivity contribution >= 4 is 15.7 Å². The van der Waals surface area contributed by atoms with Crippen LogP contribution in [0.2, 0.25) is 0 Å². The van der Waals surface area contributed by atoms with Crippen molar-refractivity contribution in [2.45, 2.75) is 12.5 Å². The van der Waals surface area contributed by atoms with E-state index in [1.165, 1.54) is 24.3 Å². The Morgan fingerprint density at radius 2 is 2.26 bits per heavy atom. The quantitative estimate of drug-likeness (QED) is 0.875. The maximum Gasteiger partial charge on any atom is 0.258 e. The van der Waals surface area contributed by atoms with Crippen LogP contribution in [0.25, 0.3) is 0 Å². The third-order valence-corrected chi connectivity index (χ3v) is 4.53. The molecule has 5 nitrogen and oxygen atoms in total. The molecule has 1 aromatic carbocycles. The number of benzene rings is 1. The van der Waals surface area contributed by atoms with E-state index in [2.05, 4.69) is 5.32 Å². The third-order valence-electron chi connectivity index (χ3n) is 2.76. The fourth-order valence-corrected chi connectivity index (χ4v) is 3.56. The summed E-state index contributed by atoms with van der Waals surface area (Å²) in [6, 6.07) is 5.11. The van der Waals surface area contributed by atoms with E-state index in [0.29, 0.717) is 6.42 Å². The molecular weight excluding hydrogens is 273 g/mol. The van der Waals surface area contributed by atoms with Gasteiger partial charge < -0.3 is 10.1 Å². The number of hydrogen-bond donors (Lipinski definition) is 1. The van der Waals surface area contributed by atoms with E-state index in [-0.39, 0.29) is 29.9 Å². The van der Waals surface area contributed by atoms with Crippen LogP contribution >= 0.6 is 0 Å². The zero-order chi connectivity index (χ0) is 13.9. The second kappa shape index (κ2) is 5.56. The number of halogens is 1. The van der Waals surface area contributed by atoms with Crippen LogP contribution in [0.3, 0.4) is 0 Å². The molecule has 7 heteroatoms. The van der Waals surface area contributed by atoms with Gasteiger partial charge >= 0.3 is 0 Å². The zero-order valence-electron chi connectivity index (χ0n) is 10.1. The van der Waals surface area contributed by atoms with Gasteiger partial charge in [0.25, 0.3) is 5.91 Å². The third kappa shape index (κ3) is 4.20. The van der Waals surface area contributed by atoms with E-state index in [1.54, 1.807) is 0 Å². The van der Waals surface area contributed by atoms with Crippen molar-refractivity contribution in [3.63, 3.8) is 0 Å². The van der Waals surface area contributed by atoms with Crippen molar-refractivity contribution in [3.05, 3.63) is 30.1 Å². The highest BCUT2D eigenvalue weighted by Gasteiger charge is 2.28. The zero-order valence-corrected chi connectivity index (χ0v) is 11.0. The van der Waals surface area contributed by atoms with Crippen LogP contribution < -0.4 is 10.1 Å². The van der Waals surface area contributed by atoms with E-state index >= 15 is 0 Å². The molecule has 0 spiro atoms. The van der Waals surface area contributed by atoms with Gasteiger partial charge in [0.15, 0.2) is 16.4 Å². The Morgan fingerprint density at radius 1 is 1.47 bits per heavy atom. The summed E-state index contributed by atoms with van der Waals surface area (Å²) < 4.78 is 40.4. The van der Waals surface area contributed by atoms with Crippen LogP contribution in [-0.2, 0) is 14.6 Å². The molecule has 1 aromatic rings. The fourth-order valence-electron chi connectivity index (χ4n) is 1.88. The maximum atomic E-state index is 12.9. The molecule has 0 radical (unpaired) electrons. The number of sulfone groups is 1. The standard InChI is InChI=1S/C12H14FNO4S/c13-9-2-1-3-11(6-9)18-7-12(15)14-10-4-5-19(16,17)8-10/h1-3,6,10H,4-5,7-8H2,(H,14,15)/t10-/m1/s1. The molecule has 1 fully saturated rings. The molecule has 104 valence electrons. The van der Waals surface area contributed by atoms with E-state index in [4.69, 9.17) is 4.74 Å². The van der Waals surface area contributed by atoms with Crippen molar-refractivity contribution in [1.29, 1.82) is 0 Å². The highest BCUT2D eigenvalue weighted by Crippen LogP contribution is 2.13. The largest absolute Gasteiger partial charge is 0.484 e. The van der Waals surface area contributed by atoms with Gasteiger partial charge in [-0.15, -0.1) is 0 Å². The predicted molar refractivity (Wildman–Crippen MR) is 67.1 cm³/mol. The molecule has 1 amide bonds. The van der Waals surface area contributed by atoms with Gasteiger partial charge in [0, 0.05) is 12.1 Å². The van der Waals surface area contributed by atoms with Crippen LogP contribution in [-0.4, -0.2) is 38.5 Å². The van der Waals surface area contributed by atoms with E-state index in [0.717, 1.165) is 0 Å². The van der Waals surface area contributed by atoms with Gasteiger partial charge in [-0.25, -0.2) is 12.8 Å². The molecule has 1 aliphatic rings. The van der Waals surface area contributed by atoms with Gasteiger partial charge in [0.2, 0.25) is 0 Å². The Morgan fingerprint density at radius 3 is 2.89 bits per heavy atom. The Labute approximate surface area is 110 Å². The summed E-state index contributed by atoms with van der Waals surface area (Å²) in [6.45, 7) is -0.264. The van der Waals surface area contributed by atoms with Crippen molar-refractivity contribution < 1.29 is 22.3 Å². The molecular formula is C12H14FNO4S. The molecule has 1 atom stereocenters. The van der Waals surface area contributed by atoms with Gasteiger partial charge in [0.1, 0.15) is 11.6 Å². The molecule has 1 heterocycles. The molecule has 1 saturated heterocycles. The van der Waals surface area contributed by atoms with Gasteiger partial charge in [-0.1, -0.05) is 6.07 Å². The number of amides is 1. The van der Waals surface area contributed by atoms with Gasteiger partial charge in [0.05, 0.1) is 11.5 Å². The Bertz CT molecular complexity index is 573. The minimum absolute atomic E-state index is 0.0291. The molecule has 0 aliphatic carbocycles. The first-order valence-corrected chi connectivity index (χ1v) is 7.65. The normalized spacial score (nSPS) is 21.0. The minimum atomic E-state index is -3.02. The minimum Gasteiger partial charge on any atom is -0.484 e. The number of carbonyl (C=O) groups excluding carboxylic acids is 1. The maximum absolute atomic E-state index is 12.9. The Hall–Kier alpha value is -1.63. The molecule has 0 unspecified atom stereocenters. The smallest absolute Gasteiger partial charge is 0.258 e. The monoisotopic (exact) mass is 287 g/mol. The summed E-state index contributed by atoms with van der Waals surface area (Å²) in [5.74, 6) is -0.526. The second-order valence-corrected chi connectivity index (χ2v) is 6.64. The molecule has 19 heavy (non-hydrogen) atoms. The second-order valence-electron chi connectivity index (χ2n) is 4.41. The number of nitrogens with one attached hydrogen (secondary N) is 1. The molecule has 2 rings (SSSR count). The Balaban J connectivity index is 1.79. The van der Waals surface area contributed by atoms with Crippen LogP contribution in [0.15, 0.2) is 24.3 Å². The number of ether oxygens (including phenoxy) is 1. The molecule has 0 saturated carbocycles. The molecule has 0 aromatic heterocycles. The average Bonchev–Trinajstić information content (AvgIpc) is 2.66. The van der Waals surface area contributed by atoms with E-state index in [9.17, 15) is 17.6 Å². The first-order valence-electron chi connectivity index (χ1n) is 5.83. The van der Waals surface area contributed by atoms with Crippen molar-refractivity contribution in [2.24, 2.45) is 0 Å². The molecule has 0 bridgehead atoms. The first kappa shape index (κ1) is 13.8. The average molecular weight is 287 g/mol. The number of carbonyl (C=O) groups is 1. The van der Waals surface area contributed by atoms with Crippen molar-refractivity contribution in [3.8, 4) is 5.75 Å². The van der Waals surface area contributed by atoms with Crippen LogP contribution in [0.1, 0.15) is 6.42 Å². The lowest BCUT2D eigenvalue weighted by molar-refractivity contribution is -0.123. The van der Waals surface area contributed by atoms with Gasteiger partial charge in [-0.3, -0.25) is 4.79 Å². The van der Waals surface area contributed by atoms with E-state index in [1.807, 2.05) is 0 Å². The fraction of sp³-hybridized carbons (Fsp3) is 0.417. The summed E-state index contributed by atoms with van der Waals surface area (Å²) in [6.07, 6.45) is 0.425. The number of rotatable bonds is 4. The lowest BCUT2D eigenvalue weighted by Crippen LogP contribution is -2.38. The topological polar surface area (TPSA) is 72.5 Å². The predicted octanol–water partition coefficient (Wildman–Crippen LogP) is 0.508. The van der Waals surface area contributed by atoms with Crippen LogP contribution in [0.4, 0.5) is 4.39 Å². The molecule has 1 N–H and O–H groups in total. The summed E-state index contributed by atoms with van der Waals surface area (Å²) in [4.78, 5) is 11.5. The summed E-state index contributed by atoms with van der Waals surface area (Å²) >= 11 is 0. The highest BCUT2D eigenvalue weighted by atomic mass is 32.2. The van der Waals surface area contributed by atoms with E-state index < -0.39 is 21.6 Å². The summed E-state index contributed by atoms with van der Waals surface area (Å²) in [7, 11) is -3.02. The Kier molecular flexibility index (Phi) is 4.04. The lowest BCUT2D eigenvalue weighted by Gasteiger charge is -2.11. The lowest BCUT2D eigenvalue weighted by atomic mass is 10.2. The number of hydrogen-bond acceptors (Lipinski definition) is 4. The highest BCUT2D eigenvalue weighted by molar-refractivity contribution is 7.91.